The SMILES string of the molecule is CC(=O)c1nc2nn(C3CCCCO3)cc2cc1Br. The number of hydrogen-bond acceptors (Lipinski definition) is 4. The third kappa shape index (κ3) is 2.42. The molecule has 6 heteroatoms. The minimum atomic E-state index is -0.0720. The highest BCUT2D eigenvalue weighted by Crippen LogP contribution is 2.26. The van der Waals surface area contributed by atoms with Crippen LogP contribution in [0.5, 0.6) is 0 Å². The summed E-state index contributed by atoms with van der Waals surface area (Å²) in [6.07, 6.45) is 5.14. The predicted molar refractivity (Wildman–Crippen MR) is 74.1 cm³/mol. The van der Waals surface area contributed by atoms with Crippen LogP contribution in [0.1, 0.15) is 42.9 Å². The molecule has 1 unspecified atom stereocenters. The first-order valence-electron chi connectivity index (χ1n) is 6.33. The summed E-state index contributed by atoms with van der Waals surface area (Å²) in [6.45, 7) is 2.27. The average Bonchev–Trinajstić information content (AvgIpc) is 2.81. The summed E-state index contributed by atoms with van der Waals surface area (Å²) in [6, 6.07) is 1.88. The highest BCUT2D eigenvalue weighted by Gasteiger charge is 2.18. The van der Waals surface area contributed by atoms with Crippen LogP contribution in [-0.4, -0.2) is 27.2 Å². The second kappa shape index (κ2) is 5.02. The topological polar surface area (TPSA) is 57.0 Å². The number of hydrogen-bond donors (Lipinski definition) is 0. The van der Waals surface area contributed by atoms with Crippen LogP contribution in [-0.2, 0) is 4.74 Å². The number of fused-ring (bicyclic) bond motifs is 1. The van der Waals surface area contributed by atoms with E-state index in [4.69, 9.17) is 4.74 Å². The molecule has 0 radical (unpaired) electrons. The molecule has 3 rings (SSSR count). The lowest BCUT2D eigenvalue weighted by Crippen LogP contribution is -2.18. The molecule has 0 saturated carbocycles. The van der Waals surface area contributed by atoms with Crippen LogP contribution in [0.4, 0.5) is 0 Å². The summed E-state index contributed by atoms with van der Waals surface area (Å²) >= 11 is 3.37. The molecule has 0 aliphatic carbocycles. The fourth-order valence-electron chi connectivity index (χ4n) is 2.28. The van der Waals surface area contributed by atoms with E-state index in [0.29, 0.717) is 15.8 Å². The molecular formula is C13H14BrN3O2. The van der Waals surface area contributed by atoms with Crippen molar-refractivity contribution in [3.63, 3.8) is 0 Å². The maximum atomic E-state index is 11.5. The number of ether oxygens (including phenoxy) is 1. The van der Waals surface area contributed by atoms with Gasteiger partial charge in [0.05, 0.1) is 0 Å². The van der Waals surface area contributed by atoms with Crippen molar-refractivity contribution in [2.75, 3.05) is 6.61 Å². The summed E-state index contributed by atoms with van der Waals surface area (Å²) in [5.74, 6) is -0.0720. The number of nitrogens with zero attached hydrogens (tertiary/aromatic N) is 3. The van der Waals surface area contributed by atoms with Gasteiger partial charge in [0.2, 0.25) is 0 Å². The minimum Gasteiger partial charge on any atom is -0.357 e. The Morgan fingerprint density at radius 3 is 3.05 bits per heavy atom. The van der Waals surface area contributed by atoms with Crippen LogP contribution in [0.2, 0.25) is 0 Å². The molecule has 1 aliphatic heterocycles. The normalized spacial score (nSPS) is 19.8. The van der Waals surface area contributed by atoms with E-state index < -0.39 is 0 Å². The van der Waals surface area contributed by atoms with Crippen molar-refractivity contribution in [1.82, 2.24) is 14.8 Å². The third-order valence-corrected chi connectivity index (χ3v) is 3.85. The Bertz CT molecular complexity index is 632. The van der Waals surface area contributed by atoms with Gasteiger partial charge in [-0.1, -0.05) is 0 Å². The molecule has 2 aromatic rings. The smallest absolute Gasteiger partial charge is 0.181 e. The monoisotopic (exact) mass is 323 g/mol. The zero-order valence-electron chi connectivity index (χ0n) is 10.6. The standard InChI is InChI=1S/C13H14BrN3O2/c1-8(18)12-10(14)6-9-7-17(16-13(9)15-12)11-4-2-3-5-19-11/h6-7,11H,2-5H2,1H3. The van der Waals surface area contributed by atoms with E-state index in [0.717, 1.165) is 31.3 Å². The van der Waals surface area contributed by atoms with Gasteiger partial charge in [0.1, 0.15) is 11.9 Å². The van der Waals surface area contributed by atoms with Crippen LogP contribution >= 0.6 is 15.9 Å². The Hall–Kier alpha value is -1.27. The van der Waals surface area contributed by atoms with Gasteiger partial charge in [0, 0.05) is 29.6 Å². The van der Waals surface area contributed by atoms with Gasteiger partial charge in [-0.25, -0.2) is 9.67 Å². The number of carbonyl (C=O) groups excluding carboxylic acids is 1. The average molecular weight is 324 g/mol. The van der Waals surface area contributed by atoms with Crippen LogP contribution in [0.3, 0.4) is 0 Å². The van der Waals surface area contributed by atoms with Crippen molar-refractivity contribution in [1.29, 1.82) is 0 Å². The molecule has 1 atom stereocenters. The molecule has 0 spiro atoms. The number of pyridine rings is 1. The first kappa shape index (κ1) is 12.7. The summed E-state index contributed by atoms with van der Waals surface area (Å²) in [5, 5.41) is 5.34. The van der Waals surface area contributed by atoms with E-state index in [9.17, 15) is 4.79 Å². The molecule has 0 aromatic carbocycles. The molecule has 2 aromatic heterocycles. The lowest BCUT2D eigenvalue weighted by atomic mass is 10.2. The zero-order chi connectivity index (χ0) is 13.4. The Morgan fingerprint density at radius 1 is 1.53 bits per heavy atom. The molecule has 19 heavy (non-hydrogen) atoms. The lowest BCUT2D eigenvalue weighted by Gasteiger charge is -2.22. The second-order valence-corrected chi connectivity index (χ2v) is 5.57. The Labute approximate surface area is 119 Å². The van der Waals surface area contributed by atoms with Crippen LogP contribution in [0.25, 0.3) is 11.0 Å². The Kier molecular flexibility index (Phi) is 3.36. The van der Waals surface area contributed by atoms with Crippen LogP contribution in [0, 0.1) is 0 Å². The third-order valence-electron chi connectivity index (χ3n) is 3.25. The van der Waals surface area contributed by atoms with E-state index in [1.807, 2.05) is 16.9 Å². The van der Waals surface area contributed by atoms with E-state index in [2.05, 4.69) is 26.0 Å². The number of Topliss-reactive ketones (excluding diaryl/α,β-unsaturated/α-hetero) is 1. The van der Waals surface area contributed by atoms with E-state index in [1.54, 1.807) is 0 Å². The number of aromatic nitrogens is 3. The maximum absolute atomic E-state index is 11.5. The minimum absolute atomic E-state index is 0.0116. The molecule has 100 valence electrons. The summed E-state index contributed by atoms with van der Waals surface area (Å²) in [7, 11) is 0. The Morgan fingerprint density at radius 2 is 2.37 bits per heavy atom. The lowest BCUT2D eigenvalue weighted by molar-refractivity contribution is -0.0391. The molecule has 0 amide bonds. The molecule has 5 nitrogen and oxygen atoms in total. The highest BCUT2D eigenvalue weighted by atomic mass is 79.9. The first-order valence-corrected chi connectivity index (χ1v) is 7.12. The number of halogens is 1. The fourth-order valence-corrected chi connectivity index (χ4v) is 2.89. The van der Waals surface area contributed by atoms with Crippen molar-refractivity contribution in [2.45, 2.75) is 32.4 Å². The van der Waals surface area contributed by atoms with Gasteiger partial charge < -0.3 is 4.74 Å². The van der Waals surface area contributed by atoms with Crippen molar-refractivity contribution >= 4 is 32.7 Å². The zero-order valence-corrected chi connectivity index (χ0v) is 12.2. The molecule has 1 saturated heterocycles. The Balaban J connectivity index is 2.02. The fraction of sp³-hybridized carbons (Fsp3) is 0.462. The summed E-state index contributed by atoms with van der Waals surface area (Å²) in [5.41, 5.74) is 1.00. The van der Waals surface area contributed by atoms with Crippen molar-refractivity contribution in [3.8, 4) is 0 Å². The quantitative estimate of drug-likeness (QED) is 0.797. The van der Waals surface area contributed by atoms with Gasteiger partial charge in [0.15, 0.2) is 11.4 Å². The van der Waals surface area contributed by atoms with Gasteiger partial charge in [-0.3, -0.25) is 4.79 Å². The van der Waals surface area contributed by atoms with Crippen molar-refractivity contribution in [2.24, 2.45) is 0 Å². The molecule has 0 N–H and O–H groups in total. The highest BCUT2D eigenvalue weighted by molar-refractivity contribution is 9.10. The number of rotatable bonds is 2. The largest absolute Gasteiger partial charge is 0.357 e. The first-order chi connectivity index (χ1) is 9.15. The van der Waals surface area contributed by atoms with E-state index in [1.165, 1.54) is 6.92 Å². The second-order valence-electron chi connectivity index (χ2n) is 4.72. The maximum Gasteiger partial charge on any atom is 0.181 e. The van der Waals surface area contributed by atoms with Gasteiger partial charge >= 0.3 is 0 Å². The van der Waals surface area contributed by atoms with Crippen molar-refractivity contribution < 1.29 is 9.53 Å². The number of ketones is 1. The number of carbonyl (C=O) groups is 1. The van der Waals surface area contributed by atoms with E-state index in [-0.39, 0.29) is 12.0 Å². The van der Waals surface area contributed by atoms with Crippen molar-refractivity contribution in [3.05, 3.63) is 22.4 Å². The summed E-state index contributed by atoms with van der Waals surface area (Å²) < 4.78 is 8.21. The van der Waals surface area contributed by atoms with Gasteiger partial charge in [-0.2, -0.15) is 0 Å². The summed E-state index contributed by atoms with van der Waals surface area (Å²) in [4.78, 5) is 15.8. The molecule has 0 bridgehead atoms. The van der Waals surface area contributed by atoms with E-state index >= 15 is 0 Å². The van der Waals surface area contributed by atoms with Crippen LogP contribution < -0.4 is 0 Å². The molecule has 1 aliphatic rings. The van der Waals surface area contributed by atoms with Gasteiger partial charge in [-0.15, -0.1) is 5.10 Å². The molecular weight excluding hydrogens is 310 g/mol. The van der Waals surface area contributed by atoms with Crippen LogP contribution in [0.15, 0.2) is 16.7 Å². The molecule has 1 fully saturated rings. The molecule has 3 heterocycles. The van der Waals surface area contributed by atoms with Gasteiger partial charge in [-0.05, 0) is 41.3 Å². The predicted octanol–water partition coefficient (Wildman–Crippen LogP) is 3.10. The van der Waals surface area contributed by atoms with Gasteiger partial charge in [0.25, 0.3) is 0 Å².